The van der Waals surface area contributed by atoms with E-state index in [9.17, 15) is 4.79 Å². The molecule has 0 saturated heterocycles. The number of carbonyl (C=O) groups excluding carboxylic acids is 1. The summed E-state index contributed by atoms with van der Waals surface area (Å²) < 4.78 is 9.91. The van der Waals surface area contributed by atoms with E-state index in [2.05, 4.69) is 4.74 Å². The average Bonchev–Trinajstić information content (AvgIpc) is 2.30. The van der Waals surface area contributed by atoms with Crippen molar-refractivity contribution in [2.75, 3.05) is 13.7 Å². The third kappa shape index (κ3) is 4.91. The molecule has 1 aromatic carbocycles. The Labute approximate surface area is 95.3 Å². The minimum Gasteiger partial charge on any atom is -0.469 e. The highest BCUT2D eigenvalue weighted by Gasteiger charge is 2.09. The van der Waals surface area contributed by atoms with Crippen LogP contribution in [0, 0.1) is 0 Å². The maximum atomic E-state index is 10.9. The first-order chi connectivity index (χ1) is 7.72. The summed E-state index contributed by atoms with van der Waals surface area (Å²) >= 11 is 0. The minimum atomic E-state index is -0.309. The molecule has 1 aromatic rings. The second-order valence-corrected chi connectivity index (χ2v) is 3.54. The fourth-order valence-electron chi connectivity index (χ4n) is 1.26. The predicted octanol–water partition coefficient (Wildman–Crippen LogP) is 1.09. The van der Waals surface area contributed by atoms with Crippen LogP contribution in [0.2, 0.25) is 0 Å². The van der Waals surface area contributed by atoms with Crippen LogP contribution in [-0.2, 0) is 20.9 Å². The molecule has 1 atom stereocenters. The normalized spacial score (nSPS) is 12.1. The molecule has 0 spiro atoms. The van der Waals surface area contributed by atoms with Crippen molar-refractivity contribution in [3.63, 3.8) is 0 Å². The van der Waals surface area contributed by atoms with E-state index in [-0.39, 0.29) is 18.4 Å². The van der Waals surface area contributed by atoms with Gasteiger partial charge in [0, 0.05) is 6.04 Å². The molecule has 1 rings (SSSR count). The molecule has 0 bridgehead atoms. The topological polar surface area (TPSA) is 61.5 Å². The lowest BCUT2D eigenvalue weighted by atomic mass is 10.2. The summed E-state index contributed by atoms with van der Waals surface area (Å²) in [5.74, 6) is -0.309. The van der Waals surface area contributed by atoms with E-state index < -0.39 is 0 Å². The van der Waals surface area contributed by atoms with Gasteiger partial charge in [-0.3, -0.25) is 4.79 Å². The summed E-state index contributed by atoms with van der Waals surface area (Å²) in [6.45, 7) is 0.861. The number of rotatable bonds is 6. The molecule has 1 unspecified atom stereocenters. The first-order valence-corrected chi connectivity index (χ1v) is 5.16. The zero-order valence-electron chi connectivity index (χ0n) is 9.39. The van der Waals surface area contributed by atoms with Gasteiger partial charge in [0.1, 0.15) is 0 Å². The van der Waals surface area contributed by atoms with E-state index in [0.717, 1.165) is 5.56 Å². The van der Waals surface area contributed by atoms with Crippen molar-refractivity contribution >= 4 is 5.97 Å². The lowest BCUT2D eigenvalue weighted by molar-refractivity contribution is -0.141. The predicted molar refractivity (Wildman–Crippen MR) is 60.7 cm³/mol. The summed E-state index contributed by atoms with van der Waals surface area (Å²) in [4.78, 5) is 10.9. The van der Waals surface area contributed by atoms with Crippen LogP contribution in [0.5, 0.6) is 0 Å². The van der Waals surface area contributed by atoms with Gasteiger partial charge in [0.25, 0.3) is 0 Å². The highest BCUT2D eigenvalue weighted by molar-refractivity contribution is 5.69. The maximum Gasteiger partial charge on any atom is 0.307 e. The molecule has 0 saturated carbocycles. The Morgan fingerprint density at radius 1 is 1.38 bits per heavy atom. The Kier molecular flexibility index (Phi) is 5.53. The summed E-state index contributed by atoms with van der Waals surface area (Å²) in [6.07, 6.45) is 0.186. The lowest BCUT2D eigenvalue weighted by Gasteiger charge is -2.10. The van der Waals surface area contributed by atoms with Gasteiger partial charge >= 0.3 is 5.97 Å². The zero-order valence-corrected chi connectivity index (χ0v) is 9.39. The van der Waals surface area contributed by atoms with E-state index in [1.54, 1.807) is 0 Å². The van der Waals surface area contributed by atoms with Gasteiger partial charge in [-0.2, -0.15) is 0 Å². The van der Waals surface area contributed by atoms with Gasteiger partial charge in [0.05, 0.1) is 26.7 Å². The van der Waals surface area contributed by atoms with Crippen molar-refractivity contribution in [1.29, 1.82) is 0 Å². The van der Waals surface area contributed by atoms with Crippen molar-refractivity contribution < 1.29 is 14.3 Å². The van der Waals surface area contributed by atoms with Gasteiger partial charge in [-0.05, 0) is 5.56 Å². The first-order valence-electron chi connectivity index (χ1n) is 5.16. The quantitative estimate of drug-likeness (QED) is 0.733. The molecule has 4 nitrogen and oxygen atoms in total. The summed E-state index contributed by atoms with van der Waals surface area (Å²) in [5.41, 5.74) is 6.78. The van der Waals surface area contributed by atoms with Gasteiger partial charge < -0.3 is 15.2 Å². The van der Waals surface area contributed by atoms with Crippen LogP contribution >= 0.6 is 0 Å². The third-order valence-electron chi connectivity index (χ3n) is 2.10. The molecule has 0 aliphatic rings. The number of hydrogen-bond acceptors (Lipinski definition) is 4. The molecule has 0 radical (unpaired) electrons. The first kappa shape index (κ1) is 12.7. The Morgan fingerprint density at radius 3 is 2.69 bits per heavy atom. The number of carbonyl (C=O) groups is 1. The largest absolute Gasteiger partial charge is 0.469 e. The van der Waals surface area contributed by atoms with Crippen LogP contribution in [0.25, 0.3) is 0 Å². The van der Waals surface area contributed by atoms with E-state index in [0.29, 0.717) is 13.2 Å². The smallest absolute Gasteiger partial charge is 0.307 e. The number of methoxy groups -OCH3 is 1. The van der Waals surface area contributed by atoms with Gasteiger partial charge in [-0.1, -0.05) is 30.3 Å². The molecule has 0 aliphatic heterocycles. The minimum absolute atomic E-state index is 0.186. The second-order valence-electron chi connectivity index (χ2n) is 3.54. The third-order valence-corrected chi connectivity index (χ3v) is 2.10. The summed E-state index contributed by atoms with van der Waals surface area (Å²) in [6, 6.07) is 9.50. The molecular formula is C12H17NO3. The highest BCUT2D eigenvalue weighted by atomic mass is 16.5. The second kappa shape index (κ2) is 6.98. The summed E-state index contributed by atoms with van der Waals surface area (Å²) in [5, 5.41) is 0. The molecule has 88 valence electrons. The number of hydrogen-bond donors (Lipinski definition) is 1. The standard InChI is InChI=1S/C12H17NO3/c1-15-12(14)7-11(13)9-16-8-10-5-3-2-4-6-10/h2-6,11H,7-9,13H2,1H3. The van der Waals surface area contributed by atoms with Crippen LogP contribution in [0.15, 0.2) is 30.3 Å². The number of esters is 1. The van der Waals surface area contributed by atoms with Crippen molar-refractivity contribution in [1.82, 2.24) is 0 Å². The molecular weight excluding hydrogens is 206 g/mol. The van der Waals surface area contributed by atoms with Crippen LogP contribution in [0.4, 0.5) is 0 Å². The molecule has 4 heteroatoms. The van der Waals surface area contributed by atoms with Crippen molar-refractivity contribution in [2.24, 2.45) is 5.73 Å². The molecule has 2 N–H and O–H groups in total. The molecule has 0 amide bonds. The van der Waals surface area contributed by atoms with Crippen molar-refractivity contribution in [2.45, 2.75) is 19.1 Å². The van der Waals surface area contributed by atoms with Crippen molar-refractivity contribution in [3.05, 3.63) is 35.9 Å². The molecule has 0 fully saturated rings. The average molecular weight is 223 g/mol. The SMILES string of the molecule is COC(=O)CC(N)COCc1ccccc1. The number of ether oxygens (including phenoxy) is 2. The van der Waals surface area contributed by atoms with Crippen LogP contribution in [0.1, 0.15) is 12.0 Å². The fraction of sp³-hybridized carbons (Fsp3) is 0.417. The van der Waals surface area contributed by atoms with Crippen LogP contribution in [-0.4, -0.2) is 25.7 Å². The summed E-state index contributed by atoms with van der Waals surface area (Å²) in [7, 11) is 1.35. The Hall–Kier alpha value is -1.39. The van der Waals surface area contributed by atoms with E-state index >= 15 is 0 Å². The number of nitrogens with two attached hydrogens (primary N) is 1. The van der Waals surface area contributed by atoms with E-state index in [4.69, 9.17) is 10.5 Å². The maximum absolute atomic E-state index is 10.9. The molecule has 0 aliphatic carbocycles. The Balaban J connectivity index is 2.18. The monoisotopic (exact) mass is 223 g/mol. The van der Waals surface area contributed by atoms with Crippen LogP contribution < -0.4 is 5.73 Å². The van der Waals surface area contributed by atoms with E-state index in [1.807, 2.05) is 30.3 Å². The highest BCUT2D eigenvalue weighted by Crippen LogP contribution is 2.01. The molecule has 0 heterocycles. The van der Waals surface area contributed by atoms with Gasteiger partial charge in [0.2, 0.25) is 0 Å². The molecule has 0 aromatic heterocycles. The lowest BCUT2D eigenvalue weighted by Crippen LogP contribution is -2.29. The Morgan fingerprint density at radius 2 is 2.06 bits per heavy atom. The van der Waals surface area contributed by atoms with Gasteiger partial charge in [0.15, 0.2) is 0 Å². The zero-order chi connectivity index (χ0) is 11.8. The Bertz CT molecular complexity index is 313. The van der Waals surface area contributed by atoms with E-state index in [1.165, 1.54) is 7.11 Å². The van der Waals surface area contributed by atoms with Crippen molar-refractivity contribution in [3.8, 4) is 0 Å². The molecule has 16 heavy (non-hydrogen) atoms. The fourth-order valence-corrected chi connectivity index (χ4v) is 1.26. The van der Waals surface area contributed by atoms with Gasteiger partial charge in [-0.15, -0.1) is 0 Å². The van der Waals surface area contributed by atoms with Crippen LogP contribution in [0.3, 0.4) is 0 Å². The van der Waals surface area contributed by atoms with Gasteiger partial charge in [-0.25, -0.2) is 0 Å². The number of benzene rings is 1.